The van der Waals surface area contributed by atoms with Gasteiger partial charge < -0.3 is 43.4 Å². The number of Topliss-reactive ketones (excluding diaryl/α,β-unsaturated/α-hetero) is 1. The minimum atomic E-state index is -1.37. The van der Waals surface area contributed by atoms with Crippen molar-refractivity contribution in [2.75, 3.05) is 53.6 Å². The van der Waals surface area contributed by atoms with Crippen molar-refractivity contribution in [3.63, 3.8) is 0 Å². The number of nitrogens with zero attached hydrogens (tertiary/aromatic N) is 2. The first-order valence-electron chi connectivity index (χ1n) is 38.7. The van der Waals surface area contributed by atoms with Crippen LogP contribution in [0.2, 0.25) is 0 Å². The molecule has 4 rings (SSSR count). The lowest BCUT2D eigenvalue weighted by Gasteiger charge is -2.18. The predicted octanol–water partition coefficient (Wildman–Crippen LogP) is 17.6. The first kappa shape index (κ1) is 95.9. The quantitative estimate of drug-likeness (QED) is 0.0142. The van der Waals surface area contributed by atoms with Crippen LogP contribution in [0.15, 0.2) is 109 Å². The molecule has 0 aromatic heterocycles. The highest BCUT2D eigenvalue weighted by molar-refractivity contribution is 5.86. The topological polar surface area (TPSA) is 242 Å². The minimum absolute atomic E-state index is 0.0686. The molecule has 18 heteroatoms. The van der Waals surface area contributed by atoms with E-state index in [0.717, 1.165) is 148 Å². The minimum Gasteiger partial charge on any atom is -0.550 e. The summed E-state index contributed by atoms with van der Waals surface area (Å²) >= 11 is 0. The third kappa shape index (κ3) is 54.4. The average Bonchev–Trinajstić information content (AvgIpc) is 0.836. The number of hydrogen-bond donors (Lipinski definition) is 1. The SMILES string of the molecule is CCCCCCCC(=O)COC(COC(=O)CCCCCCC)OC(=O)CCC(=O)[O-].CCCCCCCC(=O)OCC(COC(=O)CCCCCCC)OC(=O)CCC(=O)O.CN(C/C=C/C#CC(C)(C)C)Cc1cccc2ccccc12.CN(C/C=C/C#CC(C)(C)C)Cc1cccc2ccccc12. The molecule has 0 saturated heterocycles. The van der Waals surface area contributed by atoms with E-state index in [4.69, 9.17) is 33.5 Å². The molecule has 4 aromatic carbocycles. The number of unbranched alkanes of at least 4 members (excludes halogenated alkanes) is 16. The summed E-state index contributed by atoms with van der Waals surface area (Å²) in [5.74, 6) is 7.26. The number of allylic oxidation sites excluding steroid dienone is 2. The molecular formula is C88H129N2O16-. The van der Waals surface area contributed by atoms with Crippen molar-refractivity contribution < 1.29 is 77.0 Å². The molecule has 18 nitrogen and oxygen atoms in total. The molecule has 4 aromatic rings. The Morgan fingerprint density at radius 3 is 1.21 bits per heavy atom. The second kappa shape index (κ2) is 59.9. The Bertz CT molecular complexity index is 3050. The number of likely N-dealkylation sites (N-methyl/N-ethyl adjacent to an activating group) is 2. The van der Waals surface area contributed by atoms with Gasteiger partial charge in [-0.25, -0.2) is 0 Å². The van der Waals surface area contributed by atoms with Gasteiger partial charge in [0.1, 0.15) is 19.8 Å². The normalized spacial score (nSPS) is 11.5. The van der Waals surface area contributed by atoms with Gasteiger partial charge in [-0.2, -0.15) is 0 Å². The summed E-state index contributed by atoms with van der Waals surface area (Å²) in [4.78, 5) is 97.0. The van der Waals surface area contributed by atoms with E-state index in [-0.39, 0.29) is 81.6 Å². The van der Waals surface area contributed by atoms with Crippen molar-refractivity contribution in [1.82, 2.24) is 9.80 Å². The smallest absolute Gasteiger partial charge is 0.308 e. The monoisotopic (exact) mass is 1470 g/mol. The Morgan fingerprint density at radius 2 is 0.811 bits per heavy atom. The molecule has 0 radical (unpaired) electrons. The summed E-state index contributed by atoms with van der Waals surface area (Å²) < 4.78 is 31.0. The van der Waals surface area contributed by atoms with E-state index in [9.17, 15) is 43.5 Å². The maximum atomic E-state index is 12.0. The van der Waals surface area contributed by atoms with Crippen LogP contribution < -0.4 is 5.11 Å². The van der Waals surface area contributed by atoms with Crippen molar-refractivity contribution in [2.45, 2.75) is 275 Å². The lowest BCUT2D eigenvalue weighted by atomic mass is 9.98. The van der Waals surface area contributed by atoms with Crippen LogP contribution >= 0.6 is 0 Å². The molecule has 0 heterocycles. The number of aliphatic carboxylic acids is 2. The number of fused-ring (bicyclic) bond motifs is 2. The molecule has 588 valence electrons. The van der Waals surface area contributed by atoms with E-state index in [1.165, 1.54) is 32.7 Å². The Labute approximate surface area is 635 Å². The van der Waals surface area contributed by atoms with Crippen LogP contribution in [0.25, 0.3) is 21.5 Å². The first-order chi connectivity index (χ1) is 50.7. The lowest BCUT2D eigenvalue weighted by Crippen LogP contribution is -2.31. The van der Waals surface area contributed by atoms with E-state index < -0.39 is 60.6 Å². The van der Waals surface area contributed by atoms with Gasteiger partial charge in [0.2, 0.25) is 6.29 Å². The van der Waals surface area contributed by atoms with Crippen LogP contribution in [-0.2, 0) is 79.9 Å². The van der Waals surface area contributed by atoms with Crippen molar-refractivity contribution in [1.29, 1.82) is 0 Å². The molecule has 1 atom stereocenters. The third-order valence-corrected chi connectivity index (χ3v) is 16.1. The van der Waals surface area contributed by atoms with Gasteiger partial charge in [0.25, 0.3) is 0 Å². The van der Waals surface area contributed by atoms with E-state index >= 15 is 0 Å². The van der Waals surface area contributed by atoms with Gasteiger partial charge in [0.15, 0.2) is 18.5 Å². The fourth-order valence-electron chi connectivity index (χ4n) is 10.3. The summed E-state index contributed by atoms with van der Waals surface area (Å²) in [7, 11) is 4.28. The lowest BCUT2D eigenvalue weighted by molar-refractivity contribution is -0.306. The number of carboxylic acid groups (broad SMARTS) is 2. The second-order valence-electron chi connectivity index (χ2n) is 28.9. The maximum Gasteiger partial charge on any atom is 0.308 e. The Morgan fingerprint density at radius 1 is 0.443 bits per heavy atom. The zero-order valence-corrected chi connectivity index (χ0v) is 66.5. The molecule has 1 N–H and O–H groups in total. The fraction of sp³-hybridized carbons (Fsp3) is 0.591. The summed E-state index contributed by atoms with van der Waals surface area (Å²) in [6.45, 7) is 23.9. The molecule has 1 unspecified atom stereocenters. The number of carbonyl (C=O) groups is 8. The van der Waals surface area contributed by atoms with Crippen LogP contribution in [0.4, 0.5) is 0 Å². The highest BCUT2D eigenvalue weighted by Crippen LogP contribution is 2.22. The van der Waals surface area contributed by atoms with Crippen LogP contribution in [0.1, 0.15) is 260 Å². The van der Waals surface area contributed by atoms with Crippen molar-refractivity contribution in [3.8, 4) is 23.7 Å². The average molecular weight is 1470 g/mol. The highest BCUT2D eigenvalue weighted by Gasteiger charge is 2.22. The van der Waals surface area contributed by atoms with Crippen LogP contribution in [0, 0.1) is 34.5 Å². The van der Waals surface area contributed by atoms with Crippen LogP contribution in [0.5, 0.6) is 0 Å². The van der Waals surface area contributed by atoms with Gasteiger partial charge in [-0.05, 0) is 133 Å². The maximum absolute atomic E-state index is 12.0. The van der Waals surface area contributed by atoms with Gasteiger partial charge in [-0.3, -0.25) is 43.4 Å². The zero-order chi connectivity index (χ0) is 78.6. The van der Waals surface area contributed by atoms with Crippen LogP contribution in [0.3, 0.4) is 0 Å². The molecule has 0 aliphatic rings. The molecule has 106 heavy (non-hydrogen) atoms. The standard InChI is InChI=1S/2C23H40O8.2C21H25N/c1-3-5-7-9-11-13-21(26)29-17-19(31-23(28)16-15-20(24)25)18-30-22(27)14-12-10-8-6-4-2;1-3-5-7-9-11-13-19(24)17-30-23(31-22(28)16-15-20(25)26)18-29-21(27)14-12-10-8-6-4-2;2*1-21(2,3)15-8-5-9-16-22(4)17-19-13-10-12-18-11-6-7-14-20(18)19/h19H,3-18H2,1-2H3,(H,24,25);23H,3-18H2,1-2H3,(H,25,26);2*5-7,9-14H,16-17H2,1-4H3/p-1/b;;2*9-5+. The molecule has 0 aliphatic heterocycles. The molecule has 0 bridgehead atoms. The van der Waals surface area contributed by atoms with E-state index in [2.05, 4.69) is 214 Å². The Hall–Kier alpha value is -8.16. The third-order valence-electron chi connectivity index (χ3n) is 16.1. The van der Waals surface area contributed by atoms with E-state index in [1.807, 2.05) is 12.2 Å². The molecule has 0 amide bonds. The number of rotatable bonds is 49. The van der Waals surface area contributed by atoms with Crippen molar-refractivity contribution in [3.05, 3.63) is 120 Å². The first-order valence-corrected chi connectivity index (χ1v) is 38.7. The second-order valence-corrected chi connectivity index (χ2v) is 28.9. The van der Waals surface area contributed by atoms with Crippen molar-refractivity contribution in [2.24, 2.45) is 10.8 Å². The van der Waals surface area contributed by atoms with E-state index in [0.29, 0.717) is 12.8 Å². The highest BCUT2D eigenvalue weighted by atomic mass is 16.7. The summed E-state index contributed by atoms with van der Waals surface area (Å²) in [5.41, 5.74) is 2.88. The summed E-state index contributed by atoms with van der Waals surface area (Å²) in [5, 5.41) is 24.5. The molecule has 0 saturated carbocycles. The van der Waals surface area contributed by atoms with Crippen LogP contribution in [-0.4, -0.2) is 128 Å². The number of carbonyl (C=O) groups excluding carboxylic acids is 7. The molecule has 0 fully saturated rings. The van der Waals surface area contributed by atoms with Gasteiger partial charge in [0, 0.05) is 68.7 Å². The molecular weight excluding hydrogens is 1340 g/mol. The van der Waals surface area contributed by atoms with Gasteiger partial charge in [-0.15, -0.1) is 0 Å². The molecule has 0 aliphatic carbocycles. The number of ether oxygens (including phenoxy) is 6. The van der Waals surface area contributed by atoms with Gasteiger partial charge in [0.05, 0.1) is 19.3 Å². The fourth-order valence-corrected chi connectivity index (χ4v) is 10.3. The zero-order valence-electron chi connectivity index (χ0n) is 66.5. The van der Waals surface area contributed by atoms with Gasteiger partial charge >= 0.3 is 35.8 Å². The number of carboxylic acids is 2. The summed E-state index contributed by atoms with van der Waals surface area (Å²) in [6, 6.07) is 30.1. The summed E-state index contributed by atoms with van der Waals surface area (Å²) in [6.07, 6.45) is 25.7. The Balaban J connectivity index is 0.000000714. The number of hydrogen-bond acceptors (Lipinski definition) is 17. The largest absolute Gasteiger partial charge is 0.550 e. The number of ketones is 1. The Kier molecular flexibility index (Phi) is 54.2. The molecule has 0 spiro atoms. The van der Waals surface area contributed by atoms with Gasteiger partial charge in [-0.1, -0.05) is 251 Å². The van der Waals surface area contributed by atoms with Crippen molar-refractivity contribution >= 4 is 69.1 Å². The van der Waals surface area contributed by atoms with E-state index in [1.54, 1.807) is 0 Å². The predicted molar refractivity (Wildman–Crippen MR) is 422 cm³/mol. The number of esters is 5. The number of benzene rings is 4.